The minimum Gasteiger partial charge on any atom is -0.205 e. The van der Waals surface area contributed by atoms with Gasteiger partial charge in [-0.2, -0.15) is 10.2 Å². The lowest BCUT2D eigenvalue weighted by Gasteiger charge is -2.16. The van der Waals surface area contributed by atoms with E-state index in [9.17, 15) is 4.39 Å². The zero-order chi connectivity index (χ0) is 8.48. The first kappa shape index (κ1) is 8.11. The van der Waals surface area contributed by atoms with Crippen LogP contribution < -0.4 is 0 Å². The third kappa shape index (κ3) is 1.73. The Labute approximate surface area is 65.5 Å². The topological polar surface area (TPSA) is 25.8 Å². The van der Waals surface area contributed by atoms with Gasteiger partial charge in [-0.25, -0.2) is 4.39 Å². The van der Waals surface area contributed by atoms with Crippen molar-refractivity contribution in [3.05, 3.63) is 23.8 Å². The third-order valence-corrected chi connectivity index (χ3v) is 1.38. The van der Waals surface area contributed by atoms with Crippen molar-refractivity contribution in [3.63, 3.8) is 0 Å². The molecule has 2 nitrogen and oxygen atoms in total. The molecule has 0 bridgehead atoms. The van der Waals surface area contributed by atoms with E-state index in [-0.39, 0.29) is 11.2 Å². The molecule has 11 heavy (non-hydrogen) atoms. The van der Waals surface area contributed by atoms with Gasteiger partial charge < -0.3 is 0 Å². The first-order chi connectivity index (χ1) is 5.02. The lowest BCUT2D eigenvalue weighted by molar-refractivity contribution is 0.493. The van der Waals surface area contributed by atoms with Crippen molar-refractivity contribution in [1.82, 2.24) is 10.2 Å². The fourth-order valence-electron chi connectivity index (χ4n) is 0.825. The van der Waals surface area contributed by atoms with Crippen LogP contribution in [-0.2, 0) is 5.41 Å². The van der Waals surface area contributed by atoms with Crippen LogP contribution in [0.2, 0.25) is 0 Å². The van der Waals surface area contributed by atoms with Crippen molar-refractivity contribution in [2.24, 2.45) is 0 Å². The molecule has 0 aliphatic heterocycles. The minimum atomic E-state index is -0.285. The number of nitrogens with zero attached hydrogens (tertiary/aromatic N) is 2. The van der Waals surface area contributed by atoms with Gasteiger partial charge in [-0.05, 0) is 6.07 Å². The zero-order valence-corrected chi connectivity index (χ0v) is 6.93. The van der Waals surface area contributed by atoms with E-state index in [2.05, 4.69) is 10.2 Å². The van der Waals surface area contributed by atoms with E-state index in [0.717, 1.165) is 0 Å². The van der Waals surface area contributed by atoms with Gasteiger partial charge in [0.25, 0.3) is 0 Å². The van der Waals surface area contributed by atoms with Crippen LogP contribution >= 0.6 is 0 Å². The molecule has 0 unspecified atom stereocenters. The van der Waals surface area contributed by atoms with Gasteiger partial charge in [-0.1, -0.05) is 20.8 Å². The highest BCUT2D eigenvalue weighted by Gasteiger charge is 2.19. The van der Waals surface area contributed by atoms with Crippen LogP contribution in [0.1, 0.15) is 26.5 Å². The predicted octanol–water partition coefficient (Wildman–Crippen LogP) is 1.91. The second-order valence-corrected chi connectivity index (χ2v) is 3.48. The van der Waals surface area contributed by atoms with Gasteiger partial charge in [0, 0.05) is 5.41 Å². The minimum absolute atomic E-state index is 0.266. The SMILES string of the molecule is CC(C)(C)c1nnccc1F. The molecular weight excluding hydrogens is 143 g/mol. The molecule has 60 valence electrons. The highest BCUT2D eigenvalue weighted by Crippen LogP contribution is 2.21. The fourth-order valence-corrected chi connectivity index (χ4v) is 0.825. The molecule has 0 aliphatic carbocycles. The summed E-state index contributed by atoms with van der Waals surface area (Å²) in [5.74, 6) is -0.285. The number of hydrogen-bond acceptors (Lipinski definition) is 2. The van der Waals surface area contributed by atoms with Crippen molar-refractivity contribution in [3.8, 4) is 0 Å². The summed E-state index contributed by atoms with van der Waals surface area (Å²) >= 11 is 0. The normalized spacial score (nSPS) is 11.6. The third-order valence-electron chi connectivity index (χ3n) is 1.38. The Morgan fingerprint density at radius 1 is 1.36 bits per heavy atom. The molecule has 3 heteroatoms. The maximum absolute atomic E-state index is 13.0. The molecule has 0 amide bonds. The summed E-state index contributed by atoms with van der Waals surface area (Å²) in [6.07, 6.45) is 1.35. The predicted molar refractivity (Wildman–Crippen MR) is 40.7 cm³/mol. The van der Waals surface area contributed by atoms with E-state index < -0.39 is 0 Å². The van der Waals surface area contributed by atoms with Crippen molar-refractivity contribution < 1.29 is 4.39 Å². The summed E-state index contributed by atoms with van der Waals surface area (Å²) in [5, 5.41) is 7.35. The Balaban J connectivity index is 3.14. The molecule has 0 aromatic carbocycles. The standard InChI is InChI=1S/C8H11FN2/c1-8(2,3)7-6(9)4-5-10-11-7/h4-5H,1-3H3. The van der Waals surface area contributed by atoms with E-state index in [1.54, 1.807) is 0 Å². The molecule has 0 N–H and O–H groups in total. The van der Waals surface area contributed by atoms with Gasteiger partial charge in [0.1, 0.15) is 11.5 Å². The van der Waals surface area contributed by atoms with E-state index in [1.165, 1.54) is 12.3 Å². The molecule has 0 fully saturated rings. The van der Waals surface area contributed by atoms with Crippen LogP contribution in [0.4, 0.5) is 4.39 Å². The molecular formula is C8H11FN2. The van der Waals surface area contributed by atoms with Gasteiger partial charge in [-0.15, -0.1) is 0 Å². The first-order valence-corrected chi connectivity index (χ1v) is 3.49. The summed E-state index contributed by atoms with van der Waals surface area (Å²) < 4.78 is 13.0. The highest BCUT2D eigenvalue weighted by atomic mass is 19.1. The Kier molecular flexibility index (Phi) is 1.89. The maximum atomic E-state index is 13.0. The average Bonchev–Trinajstić information content (AvgIpc) is 1.86. The molecule has 1 rings (SSSR count). The molecule has 0 radical (unpaired) electrons. The van der Waals surface area contributed by atoms with Crippen LogP contribution in [0.3, 0.4) is 0 Å². The molecule has 0 spiro atoms. The van der Waals surface area contributed by atoms with Crippen LogP contribution in [-0.4, -0.2) is 10.2 Å². The quantitative estimate of drug-likeness (QED) is 0.570. The molecule has 1 aromatic rings. The highest BCUT2D eigenvalue weighted by molar-refractivity contribution is 5.12. The van der Waals surface area contributed by atoms with Gasteiger partial charge in [0.05, 0.1) is 6.20 Å². The van der Waals surface area contributed by atoms with Crippen LogP contribution in [0.15, 0.2) is 12.3 Å². The Hall–Kier alpha value is -0.990. The van der Waals surface area contributed by atoms with Crippen LogP contribution in [0.5, 0.6) is 0 Å². The lowest BCUT2D eigenvalue weighted by Crippen LogP contribution is -2.16. The monoisotopic (exact) mass is 154 g/mol. The Morgan fingerprint density at radius 3 is 2.36 bits per heavy atom. The molecule has 0 saturated carbocycles. The summed E-state index contributed by atoms with van der Waals surface area (Å²) in [5.41, 5.74) is 0.151. The van der Waals surface area contributed by atoms with E-state index in [0.29, 0.717) is 5.69 Å². The van der Waals surface area contributed by atoms with Crippen LogP contribution in [0.25, 0.3) is 0 Å². The van der Waals surface area contributed by atoms with Crippen molar-refractivity contribution >= 4 is 0 Å². The first-order valence-electron chi connectivity index (χ1n) is 3.49. The summed E-state index contributed by atoms with van der Waals surface area (Å²) in [7, 11) is 0. The van der Waals surface area contributed by atoms with Crippen molar-refractivity contribution in [2.75, 3.05) is 0 Å². The second kappa shape index (κ2) is 2.57. The smallest absolute Gasteiger partial charge is 0.148 e. The lowest BCUT2D eigenvalue weighted by atomic mass is 9.92. The number of rotatable bonds is 0. The summed E-state index contributed by atoms with van der Waals surface area (Å²) in [4.78, 5) is 0. The van der Waals surface area contributed by atoms with Crippen molar-refractivity contribution in [1.29, 1.82) is 0 Å². The molecule has 0 saturated heterocycles. The van der Waals surface area contributed by atoms with E-state index in [4.69, 9.17) is 0 Å². The number of hydrogen-bond donors (Lipinski definition) is 0. The van der Waals surface area contributed by atoms with E-state index in [1.807, 2.05) is 20.8 Å². The summed E-state index contributed by atoms with van der Waals surface area (Å²) in [6, 6.07) is 1.33. The Bertz CT molecular complexity index is 253. The maximum Gasteiger partial charge on any atom is 0.148 e. The molecule has 0 atom stereocenters. The molecule has 0 aliphatic rings. The molecule has 1 heterocycles. The Morgan fingerprint density at radius 2 is 2.00 bits per heavy atom. The summed E-state index contributed by atoms with van der Waals surface area (Å²) in [6.45, 7) is 5.71. The van der Waals surface area contributed by atoms with Gasteiger partial charge >= 0.3 is 0 Å². The molecule has 1 aromatic heterocycles. The van der Waals surface area contributed by atoms with Gasteiger partial charge in [0.15, 0.2) is 0 Å². The average molecular weight is 154 g/mol. The number of halogens is 1. The second-order valence-electron chi connectivity index (χ2n) is 3.48. The van der Waals surface area contributed by atoms with Crippen LogP contribution in [0, 0.1) is 5.82 Å². The largest absolute Gasteiger partial charge is 0.205 e. The van der Waals surface area contributed by atoms with Gasteiger partial charge in [0.2, 0.25) is 0 Å². The van der Waals surface area contributed by atoms with Crippen molar-refractivity contribution in [2.45, 2.75) is 26.2 Å². The zero-order valence-electron chi connectivity index (χ0n) is 6.93. The fraction of sp³-hybridized carbons (Fsp3) is 0.500. The number of aromatic nitrogens is 2. The van der Waals surface area contributed by atoms with E-state index >= 15 is 0 Å². The van der Waals surface area contributed by atoms with Gasteiger partial charge in [-0.3, -0.25) is 0 Å².